The first-order valence-electron chi connectivity index (χ1n) is 9.84. The summed E-state index contributed by atoms with van der Waals surface area (Å²) in [6.07, 6.45) is 0.436. The summed E-state index contributed by atoms with van der Waals surface area (Å²) in [6.45, 7) is 1.78. The van der Waals surface area contributed by atoms with Crippen molar-refractivity contribution in [3.63, 3.8) is 0 Å². The summed E-state index contributed by atoms with van der Waals surface area (Å²) in [6, 6.07) is 10.8. The van der Waals surface area contributed by atoms with Gasteiger partial charge in [0.25, 0.3) is 5.91 Å². The lowest BCUT2D eigenvalue weighted by atomic mass is 9.72. The summed E-state index contributed by atoms with van der Waals surface area (Å²) in [7, 11) is 0. The Morgan fingerprint density at radius 3 is 2.77 bits per heavy atom. The number of carbonyl (C=O) groups is 1. The smallest absolute Gasteiger partial charge is 0.257 e. The summed E-state index contributed by atoms with van der Waals surface area (Å²) in [4.78, 5) is 17.5. The number of ether oxygens (including phenoxy) is 1. The number of hydrogen-bond acceptors (Lipinski definition) is 5. The number of thioether (sulfide) groups is 1. The van der Waals surface area contributed by atoms with Crippen LogP contribution in [0.15, 0.2) is 51.9 Å². The number of amidine groups is 1. The van der Waals surface area contributed by atoms with E-state index in [1.165, 1.54) is 17.8 Å². The number of carbonyl (C=O) groups excluding carboxylic acids is 1. The molecule has 2 aromatic rings. The fourth-order valence-corrected chi connectivity index (χ4v) is 5.75. The molecule has 0 aliphatic carbocycles. The highest BCUT2D eigenvalue weighted by Crippen LogP contribution is 2.50. The SMILES string of the molecule is C[C@H]1C[C@H]2[C@@H](CO)SC(NC(=O)c3ccccc3)=N[C@@]2(c2cc(Br)c(F)cc2F)CO1. The molecule has 2 aromatic carbocycles. The van der Waals surface area contributed by atoms with Crippen LogP contribution in [0.25, 0.3) is 0 Å². The normalized spacial score (nSPS) is 27.9. The lowest BCUT2D eigenvalue weighted by Gasteiger charge is -2.49. The lowest BCUT2D eigenvalue weighted by Crippen LogP contribution is -2.54. The molecule has 1 amide bonds. The summed E-state index contributed by atoms with van der Waals surface area (Å²) >= 11 is 4.39. The van der Waals surface area contributed by atoms with Crippen molar-refractivity contribution in [2.45, 2.75) is 30.2 Å². The van der Waals surface area contributed by atoms with Gasteiger partial charge in [0.2, 0.25) is 0 Å². The third kappa shape index (κ3) is 4.28. The van der Waals surface area contributed by atoms with Gasteiger partial charge in [-0.2, -0.15) is 0 Å². The van der Waals surface area contributed by atoms with E-state index < -0.39 is 17.2 Å². The Kier molecular flexibility index (Phi) is 6.48. The van der Waals surface area contributed by atoms with Crippen molar-refractivity contribution in [1.82, 2.24) is 5.32 Å². The highest BCUT2D eigenvalue weighted by atomic mass is 79.9. The molecule has 5 nitrogen and oxygen atoms in total. The first-order chi connectivity index (χ1) is 14.8. The molecule has 0 unspecified atom stereocenters. The number of amides is 1. The monoisotopic (exact) mass is 510 g/mol. The van der Waals surface area contributed by atoms with Crippen LogP contribution in [-0.4, -0.2) is 40.7 Å². The zero-order valence-electron chi connectivity index (χ0n) is 16.6. The number of fused-ring (bicyclic) bond motifs is 1. The minimum atomic E-state index is -1.20. The van der Waals surface area contributed by atoms with Gasteiger partial charge in [-0.15, -0.1) is 0 Å². The Morgan fingerprint density at radius 2 is 2.06 bits per heavy atom. The fourth-order valence-electron chi connectivity index (χ4n) is 4.18. The molecule has 0 aromatic heterocycles. The molecule has 4 atom stereocenters. The zero-order valence-corrected chi connectivity index (χ0v) is 19.1. The maximum atomic E-state index is 15.0. The molecule has 1 saturated heterocycles. The Hall–Kier alpha value is -1.81. The second-order valence-electron chi connectivity index (χ2n) is 7.71. The molecule has 0 saturated carbocycles. The summed E-state index contributed by atoms with van der Waals surface area (Å²) in [5.74, 6) is -2.09. The molecule has 0 bridgehead atoms. The van der Waals surface area contributed by atoms with E-state index in [0.717, 1.165) is 6.07 Å². The number of aliphatic imine (C=N–C) groups is 1. The van der Waals surface area contributed by atoms with Crippen LogP contribution in [-0.2, 0) is 10.3 Å². The van der Waals surface area contributed by atoms with Crippen molar-refractivity contribution in [3.05, 3.63) is 69.7 Å². The predicted octanol–water partition coefficient (Wildman–Crippen LogP) is 4.24. The van der Waals surface area contributed by atoms with E-state index in [2.05, 4.69) is 21.2 Å². The van der Waals surface area contributed by atoms with E-state index in [0.29, 0.717) is 12.0 Å². The Labute approximate surface area is 191 Å². The van der Waals surface area contributed by atoms with Crippen molar-refractivity contribution < 1.29 is 23.4 Å². The average Bonchev–Trinajstić information content (AvgIpc) is 2.76. The third-order valence-corrected chi connectivity index (χ3v) is 7.52. The minimum absolute atomic E-state index is 0.0512. The molecule has 2 heterocycles. The molecular weight excluding hydrogens is 490 g/mol. The average molecular weight is 511 g/mol. The van der Waals surface area contributed by atoms with E-state index in [4.69, 9.17) is 9.73 Å². The van der Waals surface area contributed by atoms with Gasteiger partial charge in [0.05, 0.1) is 23.8 Å². The molecule has 2 N–H and O–H groups in total. The Balaban J connectivity index is 1.80. The number of nitrogens with one attached hydrogen (secondary N) is 1. The molecule has 164 valence electrons. The number of rotatable bonds is 3. The highest BCUT2D eigenvalue weighted by Gasteiger charge is 2.53. The van der Waals surface area contributed by atoms with Crippen LogP contribution in [0.4, 0.5) is 8.78 Å². The number of aliphatic hydroxyl groups excluding tert-OH is 1. The van der Waals surface area contributed by atoms with E-state index in [1.54, 1.807) is 30.3 Å². The number of nitrogens with zero attached hydrogens (tertiary/aromatic N) is 1. The summed E-state index contributed by atoms with van der Waals surface area (Å²) in [5.41, 5.74) is -0.584. The van der Waals surface area contributed by atoms with Gasteiger partial charge in [0.1, 0.15) is 17.2 Å². The molecule has 2 aliphatic rings. The first-order valence-corrected chi connectivity index (χ1v) is 11.5. The molecule has 9 heteroatoms. The zero-order chi connectivity index (χ0) is 22.2. The third-order valence-electron chi connectivity index (χ3n) is 5.71. The van der Waals surface area contributed by atoms with Gasteiger partial charge in [-0.05, 0) is 47.5 Å². The van der Waals surface area contributed by atoms with Gasteiger partial charge >= 0.3 is 0 Å². The van der Waals surface area contributed by atoms with Crippen LogP contribution in [0.5, 0.6) is 0 Å². The maximum Gasteiger partial charge on any atom is 0.257 e. The van der Waals surface area contributed by atoms with Crippen LogP contribution in [0.1, 0.15) is 29.3 Å². The van der Waals surface area contributed by atoms with Gasteiger partial charge < -0.3 is 15.2 Å². The topological polar surface area (TPSA) is 70.9 Å². The predicted molar refractivity (Wildman–Crippen MR) is 119 cm³/mol. The molecular formula is C22H21BrF2N2O3S. The Morgan fingerprint density at radius 1 is 1.32 bits per heavy atom. The van der Waals surface area contributed by atoms with Crippen LogP contribution in [0.3, 0.4) is 0 Å². The molecule has 1 fully saturated rings. The van der Waals surface area contributed by atoms with E-state index in [9.17, 15) is 14.3 Å². The van der Waals surface area contributed by atoms with Gasteiger partial charge in [0.15, 0.2) is 5.17 Å². The molecule has 0 spiro atoms. The standard InChI is InChI=1S/C22H21BrF2N2O3S/c1-12-7-15-19(10-28)31-21(26-20(29)13-5-3-2-4-6-13)27-22(15,11-30-12)14-8-16(23)18(25)9-17(14)24/h2-6,8-9,12,15,19,28H,7,10-11H2,1H3,(H,26,27,29)/t12-,15-,19+,22+/m0/s1. The maximum absolute atomic E-state index is 15.0. The Bertz CT molecular complexity index is 1020. The molecule has 31 heavy (non-hydrogen) atoms. The largest absolute Gasteiger partial charge is 0.395 e. The van der Waals surface area contributed by atoms with Crippen LogP contribution in [0, 0.1) is 17.6 Å². The fraction of sp³-hybridized carbons (Fsp3) is 0.364. The van der Waals surface area contributed by atoms with Crippen molar-refractivity contribution in [2.24, 2.45) is 10.9 Å². The van der Waals surface area contributed by atoms with Crippen molar-refractivity contribution in [1.29, 1.82) is 0 Å². The van der Waals surface area contributed by atoms with Crippen LogP contribution >= 0.6 is 27.7 Å². The van der Waals surface area contributed by atoms with Crippen LogP contribution < -0.4 is 5.32 Å². The van der Waals surface area contributed by atoms with Crippen molar-refractivity contribution in [2.75, 3.05) is 13.2 Å². The van der Waals surface area contributed by atoms with Gasteiger partial charge in [-0.3, -0.25) is 4.79 Å². The number of aliphatic hydroxyl groups is 1. The van der Waals surface area contributed by atoms with Crippen molar-refractivity contribution >= 4 is 38.8 Å². The second-order valence-corrected chi connectivity index (χ2v) is 9.79. The quantitative estimate of drug-likeness (QED) is 0.605. The van der Waals surface area contributed by atoms with Gasteiger partial charge in [-0.1, -0.05) is 30.0 Å². The van der Waals surface area contributed by atoms with E-state index in [1.807, 2.05) is 6.92 Å². The summed E-state index contributed by atoms with van der Waals surface area (Å²) < 4.78 is 34.9. The van der Waals surface area contributed by atoms with Gasteiger partial charge in [0, 0.05) is 28.4 Å². The molecule has 4 rings (SSSR count). The number of benzene rings is 2. The summed E-state index contributed by atoms with van der Waals surface area (Å²) in [5, 5.41) is 12.8. The second kappa shape index (κ2) is 8.97. The minimum Gasteiger partial charge on any atom is -0.395 e. The van der Waals surface area contributed by atoms with E-state index >= 15 is 4.39 Å². The van der Waals surface area contributed by atoms with Crippen LogP contribution in [0.2, 0.25) is 0 Å². The molecule has 2 aliphatic heterocycles. The number of halogens is 3. The van der Waals surface area contributed by atoms with Crippen molar-refractivity contribution in [3.8, 4) is 0 Å². The molecule has 0 radical (unpaired) electrons. The number of hydrogen-bond donors (Lipinski definition) is 2. The lowest BCUT2D eigenvalue weighted by molar-refractivity contribution is -0.0576. The highest BCUT2D eigenvalue weighted by molar-refractivity contribution is 9.10. The first kappa shape index (κ1) is 22.4. The van der Waals surface area contributed by atoms with Gasteiger partial charge in [-0.25, -0.2) is 13.8 Å². The van der Waals surface area contributed by atoms with E-state index in [-0.39, 0.29) is 51.6 Å².